The number of unbranched alkanes of at least 4 members (excludes halogenated alkanes) is 3. The molecule has 0 aliphatic carbocycles. The van der Waals surface area contributed by atoms with Crippen LogP contribution in [0.25, 0.3) is 0 Å². The molecule has 98 valence electrons. The van der Waals surface area contributed by atoms with Crippen molar-refractivity contribution in [3.05, 3.63) is 30.3 Å². The van der Waals surface area contributed by atoms with Crippen LogP contribution in [0.3, 0.4) is 0 Å². The predicted molar refractivity (Wildman–Crippen MR) is 67.7 cm³/mol. The van der Waals surface area contributed by atoms with Crippen molar-refractivity contribution in [1.29, 1.82) is 0 Å². The third-order valence-corrected chi connectivity index (χ3v) is 3.28. The molecule has 0 fully saturated rings. The van der Waals surface area contributed by atoms with E-state index in [1.54, 1.807) is 18.2 Å². The first-order valence-corrected chi connectivity index (χ1v) is 7.02. The van der Waals surface area contributed by atoms with Gasteiger partial charge in [0.2, 0.25) is 0 Å². The molecule has 0 radical (unpaired) electrons. The van der Waals surface area contributed by atoms with Gasteiger partial charge in [0.15, 0.2) is 0 Å². The van der Waals surface area contributed by atoms with Crippen LogP contribution < -0.4 is 0 Å². The number of carbonyl (C=O) groups excluding carboxylic acids is 1. The summed E-state index contributed by atoms with van der Waals surface area (Å²) in [7, 11) is -3.81. The third-order valence-electron chi connectivity index (χ3n) is 2.15. The van der Waals surface area contributed by atoms with Crippen LogP contribution >= 0.6 is 0 Å². The molecule has 0 N–H and O–H groups in total. The van der Waals surface area contributed by atoms with E-state index in [9.17, 15) is 13.2 Å². The highest BCUT2D eigenvalue weighted by Gasteiger charge is 2.13. The van der Waals surface area contributed by atoms with Gasteiger partial charge in [0, 0.05) is 12.6 Å². The number of carbonyl (C=O) groups is 1. The maximum Gasteiger partial charge on any atom is 0.358 e. The monoisotopic (exact) mass is 269 g/mol. The van der Waals surface area contributed by atoms with Gasteiger partial charge < -0.3 is 4.79 Å². The van der Waals surface area contributed by atoms with Crippen LogP contribution in [0.2, 0.25) is 0 Å². The van der Waals surface area contributed by atoms with Crippen LogP contribution in [0.5, 0.6) is 0 Å². The SMILES string of the molecule is O=CCCCC/C=N/OS(=O)(=O)c1ccccc1. The summed E-state index contributed by atoms with van der Waals surface area (Å²) < 4.78 is 27.7. The summed E-state index contributed by atoms with van der Waals surface area (Å²) in [6.45, 7) is 0. The summed E-state index contributed by atoms with van der Waals surface area (Å²) in [5.74, 6) is 0. The number of hydrogen-bond acceptors (Lipinski definition) is 5. The molecule has 0 spiro atoms. The molecule has 0 saturated heterocycles. The zero-order valence-electron chi connectivity index (χ0n) is 9.86. The molecule has 0 aliphatic rings. The maximum absolute atomic E-state index is 11.6. The molecule has 1 aromatic rings. The van der Waals surface area contributed by atoms with E-state index in [1.165, 1.54) is 18.3 Å². The van der Waals surface area contributed by atoms with Crippen molar-refractivity contribution in [2.75, 3.05) is 0 Å². The molecule has 0 aliphatic heterocycles. The fourth-order valence-corrected chi connectivity index (χ4v) is 1.98. The number of benzene rings is 1. The van der Waals surface area contributed by atoms with Crippen molar-refractivity contribution in [3.8, 4) is 0 Å². The van der Waals surface area contributed by atoms with Crippen molar-refractivity contribution in [2.45, 2.75) is 30.6 Å². The lowest BCUT2D eigenvalue weighted by Crippen LogP contribution is -2.02. The van der Waals surface area contributed by atoms with E-state index in [4.69, 9.17) is 0 Å². The minimum Gasteiger partial charge on any atom is -0.303 e. The molecule has 0 unspecified atom stereocenters. The van der Waals surface area contributed by atoms with Crippen molar-refractivity contribution in [1.82, 2.24) is 0 Å². The fourth-order valence-electron chi connectivity index (χ4n) is 1.23. The summed E-state index contributed by atoms with van der Waals surface area (Å²) in [5, 5.41) is 3.42. The number of rotatable bonds is 8. The molecule has 0 saturated carbocycles. The van der Waals surface area contributed by atoms with E-state index < -0.39 is 10.1 Å². The Morgan fingerprint density at radius 3 is 2.44 bits per heavy atom. The first kappa shape index (κ1) is 14.4. The van der Waals surface area contributed by atoms with Gasteiger partial charge in [0.25, 0.3) is 0 Å². The Morgan fingerprint density at radius 1 is 1.11 bits per heavy atom. The average Bonchev–Trinajstić information content (AvgIpc) is 2.39. The first-order valence-electron chi connectivity index (χ1n) is 5.61. The molecule has 0 bridgehead atoms. The Bertz CT molecular complexity index is 482. The molecule has 5 nitrogen and oxygen atoms in total. The van der Waals surface area contributed by atoms with Crippen LogP contribution in [0, 0.1) is 0 Å². The van der Waals surface area contributed by atoms with Crippen LogP contribution in [0.1, 0.15) is 25.7 Å². The van der Waals surface area contributed by atoms with Crippen molar-refractivity contribution < 1.29 is 17.5 Å². The van der Waals surface area contributed by atoms with Gasteiger partial charge in [-0.05, 0) is 31.4 Å². The van der Waals surface area contributed by atoms with Gasteiger partial charge in [0.1, 0.15) is 11.2 Å². The van der Waals surface area contributed by atoms with Gasteiger partial charge >= 0.3 is 10.1 Å². The molecule has 0 atom stereocenters. The third kappa shape index (κ3) is 5.09. The lowest BCUT2D eigenvalue weighted by Gasteiger charge is -2.00. The second-order valence-corrected chi connectivity index (χ2v) is 5.11. The average molecular weight is 269 g/mol. The summed E-state index contributed by atoms with van der Waals surface area (Å²) in [4.78, 5) is 10.1. The summed E-state index contributed by atoms with van der Waals surface area (Å²) in [6.07, 6.45) is 4.88. The van der Waals surface area contributed by atoms with Gasteiger partial charge in [0.05, 0.1) is 0 Å². The Labute approximate surface area is 107 Å². The molecule has 18 heavy (non-hydrogen) atoms. The predicted octanol–water partition coefficient (Wildman–Crippen LogP) is 2.14. The summed E-state index contributed by atoms with van der Waals surface area (Å²) >= 11 is 0. The molecular weight excluding hydrogens is 254 g/mol. The van der Waals surface area contributed by atoms with Crippen LogP contribution in [0.4, 0.5) is 0 Å². The van der Waals surface area contributed by atoms with Crippen molar-refractivity contribution in [3.63, 3.8) is 0 Å². The number of aldehydes is 1. The normalized spacial score (nSPS) is 11.6. The highest BCUT2D eigenvalue weighted by molar-refractivity contribution is 7.86. The molecule has 1 rings (SSSR count). The van der Waals surface area contributed by atoms with Crippen molar-refractivity contribution in [2.24, 2.45) is 5.16 Å². The van der Waals surface area contributed by atoms with E-state index in [-0.39, 0.29) is 4.90 Å². The second kappa shape index (κ2) is 7.60. The minimum atomic E-state index is -3.81. The number of nitrogens with zero attached hydrogens (tertiary/aromatic N) is 1. The smallest absolute Gasteiger partial charge is 0.303 e. The van der Waals surface area contributed by atoms with Gasteiger partial charge in [-0.25, -0.2) is 0 Å². The van der Waals surface area contributed by atoms with E-state index in [2.05, 4.69) is 9.44 Å². The molecular formula is C12H15NO4S. The summed E-state index contributed by atoms with van der Waals surface area (Å²) in [6, 6.07) is 7.82. The topological polar surface area (TPSA) is 72.8 Å². The van der Waals surface area contributed by atoms with E-state index in [0.29, 0.717) is 12.8 Å². The highest BCUT2D eigenvalue weighted by Crippen LogP contribution is 2.11. The van der Waals surface area contributed by atoms with Gasteiger partial charge in [-0.3, -0.25) is 4.28 Å². The molecule has 0 amide bonds. The zero-order chi connectivity index (χ0) is 13.3. The molecule has 0 heterocycles. The largest absolute Gasteiger partial charge is 0.358 e. The van der Waals surface area contributed by atoms with Crippen LogP contribution in [0.15, 0.2) is 40.4 Å². The maximum atomic E-state index is 11.6. The minimum absolute atomic E-state index is 0.0723. The van der Waals surface area contributed by atoms with Gasteiger partial charge in [-0.1, -0.05) is 23.4 Å². The Morgan fingerprint density at radius 2 is 1.78 bits per heavy atom. The summed E-state index contributed by atoms with van der Waals surface area (Å²) in [5.41, 5.74) is 0. The Kier molecular flexibility index (Phi) is 6.07. The van der Waals surface area contributed by atoms with Gasteiger partial charge in [-0.15, -0.1) is 0 Å². The standard InChI is InChI=1S/C12H15NO4S/c14-11-7-2-1-6-10-13-17-18(15,16)12-8-4-3-5-9-12/h3-5,8-11H,1-2,6-7H2/b13-10+. The quantitative estimate of drug-likeness (QED) is 0.314. The number of oxime groups is 1. The highest BCUT2D eigenvalue weighted by atomic mass is 32.2. The van der Waals surface area contributed by atoms with Crippen LogP contribution in [-0.4, -0.2) is 20.9 Å². The number of hydrogen-bond donors (Lipinski definition) is 0. The Balaban J connectivity index is 2.38. The van der Waals surface area contributed by atoms with E-state index in [0.717, 1.165) is 19.1 Å². The van der Waals surface area contributed by atoms with Gasteiger partial charge in [-0.2, -0.15) is 8.42 Å². The van der Waals surface area contributed by atoms with E-state index >= 15 is 0 Å². The second-order valence-electron chi connectivity index (χ2n) is 3.58. The molecule has 1 aromatic carbocycles. The lowest BCUT2D eigenvalue weighted by atomic mass is 10.2. The van der Waals surface area contributed by atoms with Crippen molar-refractivity contribution >= 4 is 22.6 Å². The zero-order valence-corrected chi connectivity index (χ0v) is 10.7. The molecule has 6 heteroatoms. The Hall–Kier alpha value is -1.69. The molecule has 0 aromatic heterocycles. The van der Waals surface area contributed by atoms with E-state index in [1.807, 2.05) is 0 Å². The lowest BCUT2D eigenvalue weighted by molar-refractivity contribution is -0.107. The first-order chi connectivity index (χ1) is 8.67. The fraction of sp³-hybridized carbons (Fsp3) is 0.333. The van der Waals surface area contributed by atoms with Crippen LogP contribution in [-0.2, 0) is 19.2 Å².